The number of rotatable bonds is 4. The summed E-state index contributed by atoms with van der Waals surface area (Å²) in [4.78, 5) is 10.1. The molecule has 1 atom stereocenters. The Morgan fingerprint density at radius 2 is 2.24 bits per heavy atom. The van der Waals surface area contributed by atoms with Gasteiger partial charge in [-0.15, -0.1) is 0 Å². The number of benzene rings is 1. The first kappa shape index (κ1) is 16.0. The molecule has 10 heteroatoms. The highest BCUT2D eigenvalue weighted by Gasteiger charge is 2.33. The first-order chi connectivity index (χ1) is 9.87. The van der Waals surface area contributed by atoms with Gasteiger partial charge in [-0.1, -0.05) is 0 Å². The first-order valence-electron chi connectivity index (χ1n) is 6.22. The van der Waals surface area contributed by atoms with Gasteiger partial charge in [-0.25, -0.2) is 8.42 Å². The fraction of sp³-hybridized carbons (Fsp3) is 0.455. The lowest BCUT2D eigenvalue weighted by molar-refractivity contribution is -0.385. The van der Waals surface area contributed by atoms with Gasteiger partial charge in [0.05, 0.1) is 10.6 Å². The van der Waals surface area contributed by atoms with E-state index in [2.05, 4.69) is 5.43 Å². The van der Waals surface area contributed by atoms with Crippen molar-refractivity contribution in [3.63, 3.8) is 0 Å². The molecule has 0 bridgehead atoms. The Kier molecular flexibility index (Phi) is 4.71. The number of anilines is 1. The number of nitro groups is 1. The summed E-state index contributed by atoms with van der Waals surface area (Å²) in [5, 5.41) is 10.9. The average Bonchev–Trinajstić information content (AvgIpc) is 2.46. The zero-order valence-electron chi connectivity index (χ0n) is 11.4. The van der Waals surface area contributed by atoms with Crippen molar-refractivity contribution in [2.75, 3.05) is 23.5 Å². The molecule has 0 saturated carbocycles. The molecule has 0 amide bonds. The van der Waals surface area contributed by atoms with Crippen molar-refractivity contribution in [1.29, 1.82) is 0 Å². The van der Waals surface area contributed by atoms with E-state index in [4.69, 9.17) is 5.84 Å². The summed E-state index contributed by atoms with van der Waals surface area (Å²) in [5.41, 5.74) is 2.15. The highest BCUT2D eigenvalue weighted by Crippen LogP contribution is 2.31. The van der Waals surface area contributed by atoms with Gasteiger partial charge in [0.1, 0.15) is 4.90 Å². The molecule has 116 valence electrons. The van der Waals surface area contributed by atoms with E-state index in [-0.39, 0.29) is 22.3 Å². The average molecular weight is 332 g/mol. The summed E-state index contributed by atoms with van der Waals surface area (Å²) < 4.78 is 26.9. The van der Waals surface area contributed by atoms with Gasteiger partial charge in [-0.2, -0.15) is 16.1 Å². The molecule has 1 heterocycles. The molecule has 21 heavy (non-hydrogen) atoms. The number of hydrogen-bond acceptors (Lipinski definition) is 7. The Bertz CT molecular complexity index is 650. The maximum absolute atomic E-state index is 12.8. The third-order valence-electron chi connectivity index (χ3n) is 3.22. The molecule has 0 aromatic heterocycles. The van der Waals surface area contributed by atoms with Crippen molar-refractivity contribution < 1.29 is 13.3 Å². The Morgan fingerprint density at radius 3 is 2.81 bits per heavy atom. The summed E-state index contributed by atoms with van der Waals surface area (Å²) in [6.45, 7) is 2.19. The number of thioether (sulfide) groups is 1. The number of non-ortho nitro benzene ring substituents is 1. The number of nitrogen functional groups attached to an aromatic ring is 1. The highest BCUT2D eigenvalue weighted by molar-refractivity contribution is 7.99. The summed E-state index contributed by atoms with van der Waals surface area (Å²) in [7, 11) is -3.84. The molecule has 2 rings (SSSR count). The molecule has 0 radical (unpaired) electrons. The molecule has 1 aromatic carbocycles. The predicted octanol–water partition coefficient (Wildman–Crippen LogP) is 1.01. The van der Waals surface area contributed by atoms with Gasteiger partial charge in [-0.05, 0) is 13.0 Å². The minimum absolute atomic E-state index is 0.144. The molecule has 3 N–H and O–H groups in total. The molecule has 1 saturated heterocycles. The van der Waals surface area contributed by atoms with E-state index in [0.29, 0.717) is 18.1 Å². The topological polar surface area (TPSA) is 119 Å². The van der Waals surface area contributed by atoms with Gasteiger partial charge in [0.15, 0.2) is 0 Å². The lowest BCUT2D eigenvalue weighted by Gasteiger charge is -2.32. The third-order valence-corrected chi connectivity index (χ3v) is 6.47. The highest BCUT2D eigenvalue weighted by atomic mass is 32.2. The van der Waals surface area contributed by atoms with Gasteiger partial charge >= 0.3 is 0 Å². The summed E-state index contributed by atoms with van der Waals surface area (Å²) in [6, 6.07) is 3.38. The monoisotopic (exact) mass is 332 g/mol. The second-order valence-electron chi connectivity index (χ2n) is 4.62. The van der Waals surface area contributed by atoms with Crippen molar-refractivity contribution in [3.05, 3.63) is 28.3 Å². The van der Waals surface area contributed by atoms with Gasteiger partial charge in [0.2, 0.25) is 10.0 Å². The molecule has 1 aliphatic heterocycles. The molecule has 8 nitrogen and oxygen atoms in total. The first-order valence-corrected chi connectivity index (χ1v) is 8.82. The Morgan fingerprint density at radius 1 is 1.52 bits per heavy atom. The summed E-state index contributed by atoms with van der Waals surface area (Å²) in [5.74, 6) is 6.72. The van der Waals surface area contributed by atoms with Crippen LogP contribution in [0.3, 0.4) is 0 Å². The molecule has 1 fully saturated rings. The fourth-order valence-corrected chi connectivity index (χ4v) is 5.18. The second kappa shape index (κ2) is 6.18. The van der Waals surface area contributed by atoms with Gasteiger partial charge in [-0.3, -0.25) is 16.0 Å². The largest absolute Gasteiger partial charge is 0.323 e. The van der Waals surface area contributed by atoms with Crippen LogP contribution in [-0.4, -0.2) is 41.7 Å². The van der Waals surface area contributed by atoms with Crippen LogP contribution >= 0.6 is 11.8 Å². The second-order valence-corrected chi connectivity index (χ2v) is 7.63. The van der Waals surface area contributed by atoms with Crippen molar-refractivity contribution in [2.45, 2.75) is 17.9 Å². The predicted molar refractivity (Wildman–Crippen MR) is 81.6 cm³/mol. The fourth-order valence-electron chi connectivity index (χ4n) is 2.15. The van der Waals surface area contributed by atoms with Crippen LogP contribution in [0, 0.1) is 10.1 Å². The van der Waals surface area contributed by atoms with E-state index in [1.165, 1.54) is 16.4 Å². The number of nitrogens with one attached hydrogen (secondary N) is 1. The van der Waals surface area contributed by atoms with Crippen LogP contribution in [0.1, 0.15) is 6.92 Å². The molecule has 0 spiro atoms. The molecule has 1 aliphatic rings. The molecular weight excluding hydrogens is 316 g/mol. The SMILES string of the molecule is CC1CSCCN1S(=O)(=O)c1cc([N+](=O)[O-])ccc1NN. The Labute approximate surface area is 126 Å². The van der Waals surface area contributed by atoms with Crippen LogP contribution in [0.25, 0.3) is 0 Å². The van der Waals surface area contributed by atoms with Crippen molar-refractivity contribution >= 4 is 33.2 Å². The van der Waals surface area contributed by atoms with Gasteiger partial charge in [0, 0.05) is 36.2 Å². The molecule has 0 aliphatic carbocycles. The number of nitrogens with zero attached hydrogens (tertiary/aromatic N) is 2. The van der Waals surface area contributed by atoms with E-state index < -0.39 is 14.9 Å². The number of hydrogen-bond donors (Lipinski definition) is 2. The van der Waals surface area contributed by atoms with E-state index in [1.54, 1.807) is 11.8 Å². The van der Waals surface area contributed by atoms with Crippen LogP contribution < -0.4 is 11.3 Å². The quantitative estimate of drug-likeness (QED) is 0.480. The van der Waals surface area contributed by atoms with Crippen LogP contribution in [0.4, 0.5) is 11.4 Å². The van der Waals surface area contributed by atoms with E-state index >= 15 is 0 Å². The Balaban J connectivity index is 2.52. The number of nitrogens with two attached hydrogens (primary N) is 1. The van der Waals surface area contributed by atoms with Crippen molar-refractivity contribution in [3.8, 4) is 0 Å². The number of hydrazine groups is 1. The third kappa shape index (κ3) is 3.12. The summed E-state index contributed by atoms with van der Waals surface area (Å²) >= 11 is 1.68. The van der Waals surface area contributed by atoms with Crippen LogP contribution in [-0.2, 0) is 10.0 Å². The standard InChI is InChI=1S/C11H16N4O4S2/c1-8-7-20-5-4-14(8)21(18,19)11-6-9(15(16)17)2-3-10(11)13-12/h2-3,6,8,13H,4-5,7,12H2,1H3. The summed E-state index contributed by atoms with van der Waals surface area (Å²) in [6.07, 6.45) is 0. The minimum Gasteiger partial charge on any atom is -0.323 e. The maximum Gasteiger partial charge on any atom is 0.270 e. The van der Waals surface area contributed by atoms with E-state index in [9.17, 15) is 18.5 Å². The number of sulfonamides is 1. The van der Waals surface area contributed by atoms with Crippen molar-refractivity contribution in [1.82, 2.24) is 4.31 Å². The van der Waals surface area contributed by atoms with E-state index in [1.807, 2.05) is 6.92 Å². The minimum atomic E-state index is -3.84. The zero-order valence-corrected chi connectivity index (χ0v) is 13.0. The zero-order chi connectivity index (χ0) is 15.6. The molecular formula is C11H16N4O4S2. The van der Waals surface area contributed by atoms with Crippen LogP contribution in [0.15, 0.2) is 23.1 Å². The lowest BCUT2D eigenvalue weighted by Crippen LogP contribution is -2.44. The van der Waals surface area contributed by atoms with Crippen molar-refractivity contribution in [2.24, 2.45) is 5.84 Å². The normalized spacial score (nSPS) is 20.2. The molecule has 1 aromatic rings. The smallest absolute Gasteiger partial charge is 0.270 e. The Hall–Kier alpha value is -1.36. The van der Waals surface area contributed by atoms with Gasteiger partial charge < -0.3 is 5.43 Å². The molecule has 1 unspecified atom stereocenters. The number of nitro benzene ring substituents is 1. The van der Waals surface area contributed by atoms with E-state index in [0.717, 1.165) is 6.07 Å². The van der Waals surface area contributed by atoms with Gasteiger partial charge in [0.25, 0.3) is 5.69 Å². The van der Waals surface area contributed by atoms with Crippen LogP contribution in [0.5, 0.6) is 0 Å². The maximum atomic E-state index is 12.8. The lowest BCUT2D eigenvalue weighted by atomic mass is 10.3. The van der Waals surface area contributed by atoms with Crippen LogP contribution in [0.2, 0.25) is 0 Å².